The number of nitrogens with zero attached hydrogens (tertiary/aromatic N) is 1. The standard InChI is InChI=1S/C14H21N3O2/c1-14(13(16)18)6-7-17(10-14)8-9-19-12-5-3-2-4-11(12)15/h2-5H,6-10,15H2,1H3,(H2,16,18). The van der Waals surface area contributed by atoms with Crippen molar-refractivity contribution < 1.29 is 9.53 Å². The Bertz CT molecular complexity index is 464. The van der Waals surface area contributed by atoms with Gasteiger partial charge in [0, 0.05) is 13.1 Å². The molecule has 1 saturated heterocycles. The van der Waals surface area contributed by atoms with Crippen molar-refractivity contribution in [1.82, 2.24) is 4.90 Å². The van der Waals surface area contributed by atoms with E-state index in [1.54, 1.807) is 0 Å². The number of benzene rings is 1. The second kappa shape index (κ2) is 5.48. The maximum absolute atomic E-state index is 11.4. The van der Waals surface area contributed by atoms with Crippen molar-refractivity contribution >= 4 is 11.6 Å². The van der Waals surface area contributed by atoms with Crippen LogP contribution in [0.25, 0.3) is 0 Å². The van der Waals surface area contributed by atoms with Crippen LogP contribution in [0.3, 0.4) is 0 Å². The molecule has 0 aliphatic carbocycles. The molecular formula is C14H21N3O2. The van der Waals surface area contributed by atoms with Gasteiger partial charge in [0.15, 0.2) is 0 Å². The summed E-state index contributed by atoms with van der Waals surface area (Å²) in [5, 5.41) is 0. The van der Waals surface area contributed by atoms with Gasteiger partial charge in [-0.1, -0.05) is 12.1 Å². The largest absolute Gasteiger partial charge is 0.490 e. The van der Waals surface area contributed by atoms with Crippen molar-refractivity contribution in [3.05, 3.63) is 24.3 Å². The number of hydrogen-bond donors (Lipinski definition) is 2. The zero-order chi connectivity index (χ0) is 13.9. The molecule has 5 heteroatoms. The molecule has 1 fully saturated rings. The molecule has 0 bridgehead atoms. The van der Waals surface area contributed by atoms with Crippen LogP contribution >= 0.6 is 0 Å². The summed E-state index contributed by atoms with van der Waals surface area (Å²) < 4.78 is 5.64. The van der Waals surface area contributed by atoms with Crippen molar-refractivity contribution in [2.45, 2.75) is 13.3 Å². The fraction of sp³-hybridized carbons (Fsp3) is 0.500. The first kappa shape index (κ1) is 13.7. The second-order valence-corrected chi connectivity index (χ2v) is 5.34. The highest BCUT2D eigenvalue weighted by molar-refractivity contribution is 5.81. The molecule has 0 spiro atoms. The van der Waals surface area contributed by atoms with Gasteiger partial charge in [-0.3, -0.25) is 9.69 Å². The lowest BCUT2D eigenvalue weighted by atomic mass is 9.89. The monoisotopic (exact) mass is 263 g/mol. The van der Waals surface area contributed by atoms with Gasteiger partial charge in [0.2, 0.25) is 5.91 Å². The third kappa shape index (κ3) is 3.17. The first-order valence-corrected chi connectivity index (χ1v) is 6.51. The summed E-state index contributed by atoms with van der Waals surface area (Å²) in [5.74, 6) is 0.489. The van der Waals surface area contributed by atoms with Crippen LogP contribution in [-0.4, -0.2) is 37.0 Å². The Hall–Kier alpha value is -1.75. The van der Waals surface area contributed by atoms with Crippen LogP contribution in [0.1, 0.15) is 13.3 Å². The number of likely N-dealkylation sites (tertiary alicyclic amines) is 1. The zero-order valence-electron chi connectivity index (χ0n) is 11.3. The summed E-state index contributed by atoms with van der Waals surface area (Å²) in [6.07, 6.45) is 0.815. The fourth-order valence-corrected chi connectivity index (χ4v) is 2.35. The Labute approximate surface area is 113 Å². The van der Waals surface area contributed by atoms with Crippen LogP contribution in [0.4, 0.5) is 5.69 Å². The molecule has 0 aromatic heterocycles. The first-order chi connectivity index (χ1) is 9.01. The van der Waals surface area contributed by atoms with Gasteiger partial charge >= 0.3 is 0 Å². The van der Waals surface area contributed by atoms with Crippen LogP contribution in [-0.2, 0) is 4.79 Å². The predicted octanol–water partition coefficient (Wildman–Crippen LogP) is 0.845. The molecule has 1 aliphatic heterocycles. The summed E-state index contributed by atoms with van der Waals surface area (Å²) in [6, 6.07) is 7.44. The molecule has 19 heavy (non-hydrogen) atoms. The van der Waals surface area contributed by atoms with Gasteiger partial charge in [0.25, 0.3) is 0 Å². The van der Waals surface area contributed by atoms with E-state index < -0.39 is 5.41 Å². The summed E-state index contributed by atoms with van der Waals surface area (Å²) in [6.45, 7) is 4.84. The Morgan fingerprint density at radius 3 is 2.84 bits per heavy atom. The lowest BCUT2D eigenvalue weighted by Crippen LogP contribution is -2.37. The van der Waals surface area contributed by atoms with E-state index in [1.807, 2.05) is 31.2 Å². The van der Waals surface area contributed by atoms with Crippen molar-refractivity contribution in [3.8, 4) is 5.75 Å². The fourth-order valence-electron chi connectivity index (χ4n) is 2.35. The second-order valence-electron chi connectivity index (χ2n) is 5.34. The van der Waals surface area contributed by atoms with E-state index in [9.17, 15) is 4.79 Å². The molecule has 1 unspecified atom stereocenters. The lowest BCUT2D eigenvalue weighted by Gasteiger charge is -2.21. The Morgan fingerprint density at radius 2 is 2.21 bits per heavy atom. The normalized spacial score (nSPS) is 23.4. The van der Waals surface area contributed by atoms with E-state index >= 15 is 0 Å². The SMILES string of the molecule is CC1(C(N)=O)CCN(CCOc2ccccc2N)C1. The van der Waals surface area contributed by atoms with E-state index in [2.05, 4.69) is 4.90 Å². The quantitative estimate of drug-likeness (QED) is 0.771. The lowest BCUT2D eigenvalue weighted by molar-refractivity contribution is -0.126. The first-order valence-electron chi connectivity index (χ1n) is 6.51. The number of primary amides is 1. The van der Waals surface area contributed by atoms with Gasteiger partial charge in [0.1, 0.15) is 12.4 Å². The van der Waals surface area contributed by atoms with Crippen molar-refractivity contribution in [2.24, 2.45) is 11.1 Å². The molecular weight excluding hydrogens is 242 g/mol. The molecule has 104 valence electrons. The maximum atomic E-state index is 11.4. The number of amides is 1. The number of para-hydroxylation sites is 2. The predicted molar refractivity (Wildman–Crippen MR) is 74.7 cm³/mol. The molecule has 1 aliphatic rings. The number of hydrogen-bond acceptors (Lipinski definition) is 4. The molecule has 5 nitrogen and oxygen atoms in total. The smallest absolute Gasteiger partial charge is 0.224 e. The number of rotatable bonds is 5. The number of anilines is 1. The summed E-state index contributed by atoms with van der Waals surface area (Å²) >= 11 is 0. The van der Waals surface area contributed by atoms with Gasteiger partial charge in [-0.15, -0.1) is 0 Å². The molecule has 0 radical (unpaired) electrons. The number of carbonyl (C=O) groups excluding carboxylic acids is 1. The van der Waals surface area contributed by atoms with E-state index in [-0.39, 0.29) is 5.91 Å². The third-order valence-electron chi connectivity index (χ3n) is 3.73. The van der Waals surface area contributed by atoms with E-state index in [1.165, 1.54) is 0 Å². The Balaban J connectivity index is 1.79. The Morgan fingerprint density at radius 1 is 1.47 bits per heavy atom. The number of nitrogens with two attached hydrogens (primary N) is 2. The maximum Gasteiger partial charge on any atom is 0.224 e. The van der Waals surface area contributed by atoms with Crippen LogP contribution in [0.2, 0.25) is 0 Å². The number of nitrogen functional groups attached to an aromatic ring is 1. The average Bonchev–Trinajstić information content (AvgIpc) is 2.75. The highest BCUT2D eigenvalue weighted by atomic mass is 16.5. The Kier molecular flexibility index (Phi) is 3.95. The summed E-state index contributed by atoms with van der Waals surface area (Å²) in [4.78, 5) is 13.6. The molecule has 1 amide bonds. The van der Waals surface area contributed by atoms with Crippen LogP contribution in [0.15, 0.2) is 24.3 Å². The molecule has 1 atom stereocenters. The molecule has 1 aromatic carbocycles. The third-order valence-corrected chi connectivity index (χ3v) is 3.73. The van der Waals surface area contributed by atoms with Gasteiger partial charge in [-0.25, -0.2) is 0 Å². The summed E-state index contributed by atoms with van der Waals surface area (Å²) in [7, 11) is 0. The van der Waals surface area contributed by atoms with Gasteiger partial charge in [-0.2, -0.15) is 0 Å². The zero-order valence-corrected chi connectivity index (χ0v) is 11.3. The van der Waals surface area contributed by atoms with E-state index in [4.69, 9.17) is 16.2 Å². The van der Waals surface area contributed by atoms with Crippen LogP contribution in [0, 0.1) is 5.41 Å². The minimum Gasteiger partial charge on any atom is -0.490 e. The highest BCUT2D eigenvalue weighted by Crippen LogP contribution is 2.29. The molecule has 2 rings (SSSR count). The topological polar surface area (TPSA) is 81.6 Å². The van der Waals surface area contributed by atoms with Crippen molar-refractivity contribution in [3.63, 3.8) is 0 Å². The number of carbonyl (C=O) groups is 1. The summed E-state index contributed by atoms with van der Waals surface area (Å²) in [5.41, 5.74) is 11.5. The van der Waals surface area contributed by atoms with Crippen molar-refractivity contribution in [2.75, 3.05) is 32.0 Å². The average molecular weight is 263 g/mol. The van der Waals surface area contributed by atoms with Gasteiger partial charge in [0.05, 0.1) is 11.1 Å². The van der Waals surface area contributed by atoms with Crippen LogP contribution < -0.4 is 16.2 Å². The molecule has 1 aromatic rings. The molecule has 4 N–H and O–H groups in total. The van der Waals surface area contributed by atoms with E-state index in [0.29, 0.717) is 24.6 Å². The van der Waals surface area contributed by atoms with E-state index in [0.717, 1.165) is 19.5 Å². The van der Waals surface area contributed by atoms with Gasteiger partial charge < -0.3 is 16.2 Å². The van der Waals surface area contributed by atoms with Crippen molar-refractivity contribution in [1.29, 1.82) is 0 Å². The minimum absolute atomic E-state index is 0.219. The minimum atomic E-state index is -0.397. The number of ether oxygens (including phenoxy) is 1. The highest BCUT2D eigenvalue weighted by Gasteiger charge is 2.38. The van der Waals surface area contributed by atoms with Gasteiger partial charge in [-0.05, 0) is 32.0 Å². The molecule has 0 saturated carbocycles. The van der Waals surface area contributed by atoms with Crippen LogP contribution in [0.5, 0.6) is 5.75 Å². The molecule has 1 heterocycles.